The van der Waals surface area contributed by atoms with Crippen LogP contribution in [0.2, 0.25) is 0 Å². The van der Waals surface area contributed by atoms with Gasteiger partial charge in [0.15, 0.2) is 0 Å². The first-order valence-corrected chi connectivity index (χ1v) is 5.78. The van der Waals surface area contributed by atoms with Gasteiger partial charge in [-0.2, -0.15) is 0 Å². The predicted octanol–water partition coefficient (Wildman–Crippen LogP) is 1.19. The van der Waals surface area contributed by atoms with Crippen LogP contribution in [-0.4, -0.2) is 24.0 Å². The standard InChI is InChI=1S/C11H20N2O/c1-2-11(6-3-7-11)12-8-10(14)13-9-4-5-9/h9,12H,2-8H2,1H3,(H,13,14). The molecule has 2 fully saturated rings. The van der Waals surface area contributed by atoms with E-state index in [9.17, 15) is 4.79 Å². The van der Waals surface area contributed by atoms with Gasteiger partial charge in [-0.15, -0.1) is 0 Å². The molecule has 0 aromatic heterocycles. The van der Waals surface area contributed by atoms with Crippen LogP contribution in [0, 0.1) is 0 Å². The summed E-state index contributed by atoms with van der Waals surface area (Å²) in [4.78, 5) is 11.4. The van der Waals surface area contributed by atoms with Gasteiger partial charge in [0.05, 0.1) is 6.54 Å². The van der Waals surface area contributed by atoms with Crippen molar-refractivity contribution in [3.8, 4) is 0 Å². The van der Waals surface area contributed by atoms with Crippen LogP contribution in [0.25, 0.3) is 0 Å². The molecule has 3 heteroatoms. The van der Waals surface area contributed by atoms with Crippen LogP contribution >= 0.6 is 0 Å². The fourth-order valence-electron chi connectivity index (χ4n) is 2.03. The summed E-state index contributed by atoms with van der Waals surface area (Å²) in [6.07, 6.45) is 7.27. The molecule has 0 unspecified atom stereocenters. The molecular formula is C11H20N2O. The van der Waals surface area contributed by atoms with E-state index in [0.29, 0.717) is 18.1 Å². The molecular weight excluding hydrogens is 176 g/mol. The van der Waals surface area contributed by atoms with E-state index in [1.165, 1.54) is 32.1 Å². The molecule has 0 spiro atoms. The molecule has 2 saturated carbocycles. The van der Waals surface area contributed by atoms with Crippen LogP contribution in [0.4, 0.5) is 0 Å². The van der Waals surface area contributed by atoms with E-state index in [-0.39, 0.29) is 5.91 Å². The highest BCUT2D eigenvalue weighted by Crippen LogP contribution is 2.34. The maximum atomic E-state index is 11.4. The summed E-state index contributed by atoms with van der Waals surface area (Å²) in [7, 11) is 0. The molecule has 0 saturated heterocycles. The lowest BCUT2D eigenvalue weighted by Crippen LogP contribution is -2.53. The Labute approximate surface area is 85.6 Å². The SMILES string of the molecule is CCC1(NCC(=O)NC2CC2)CCC1. The molecule has 1 amide bonds. The maximum absolute atomic E-state index is 11.4. The number of rotatable bonds is 5. The molecule has 2 aliphatic rings. The van der Waals surface area contributed by atoms with Gasteiger partial charge < -0.3 is 10.6 Å². The van der Waals surface area contributed by atoms with Crippen LogP contribution < -0.4 is 10.6 Å². The molecule has 3 nitrogen and oxygen atoms in total. The Hall–Kier alpha value is -0.570. The molecule has 2 aliphatic carbocycles. The zero-order chi connectivity index (χ0) is 10.0. The lowest BCUT2D eigenvalue weighted by atomic mass is 9.75. The quantitative estimate of drug-likeness (QED) is 0.693. The molecule has 14 heavy (non-hydrogen) atoms. The molecule has 2 N–H and O–H groups in total. The van der Waals surface area contributed by atoms with Crippen LogP contribution in [0.5, 0.6) is 0 Å². The normalized spacial score (nSPS) is 24.1. The van der Waals surface area contributed by atoms with Crippen molar-refractivity contribution >= 4 is 5.91 Å². The first kappa shape index (κ1) is 9.97. The average molecular weight is 196 g/mol. The maximum Gasteiger partial charge on any atom is 0.234 e. The number of carbonyl (C=O) groups is 1. The third-order valence-corrected chi connectivity index (χ3v) is 3.55. The molecule has 0 aromatic carbocycles. The molecule has 0 aliphatic heterocycles. The van der Waals surface area contributed by atoms with Gasteiger partial charge >= 0.3 is 0 Å². The van der Waals surface area contributed by atoms with Gasteiger partial charge in [-0.1, -0.05) is 6.92 Å². The van der Waals surface area contributed by atoms with Gasteiger partial charge in [0, 0.05) is 11.6 Å². The van der Waals surface area contributed by atoms with Gasteiger partial charge in [-0.25, -0.2) is 0 Å². The number of amides is 1. The summed E-state index contributed by atoms with van der Waals surface area (Å²) in [6, 6.07) is 0.489. The van der Waals surface area contributed by atoms with Gasteiger partial charge in [0.2, 0.25) is 5.91 Å². The Bertz CT molecular complexity index is 214. The van der Waals surface area contributed by atoms with Crippen LogP contribution in [0.15, 0.2) is 0 Å². The first-order valence-electron chi connectivity index (χ1n) is 5.78. The second-order valence-corrected chi connectivity index (χ2v) is 4.68. The van der Waals surface area contributed by atoms with Crippen molar-refractivity contribution in [2.75, 3.05) is 6.54 Å². The average Bonchev–Trinajstić information content (AvgIpc) is 2.87. The Morgan fingerprint density at radius 1 is 1.43 bits per heavy atom. The van der Waals surface area contributed by atoms with E-state index in [0.717, 1.165) is 6.42 Å². The minimum atomic E-state index is 0.173. The van der Waals surface area contributed by atoms with Gasteiger partial charge in [-0.05, 0) is 38.5 Å². The third-order valence-electron chi connectivity index (χ3n) is 3.55. The van der Waals surface area contributed by atoms with Gasteiger partial charge in [0.25, 0.3) is 0 Å². The minimum Gasteiger partial charge on any atom is -0.352 e. The highest BCUT2D eigenvalue weighted by molar-refractivity contribution is 5.78. The summed E-state index contributed by atoms with van der Waals surface area (Å²) in [5.74, 6) is 0.173. The third kappa shape index (κ3) is 2.27. The zero-order valence-corrected chi connectivity index (χ0v) is 8.94. The number of nitrogens with one attached hydrogen (secondary N) is 2. The van der Waals surface area contributed by atoms with E-state index < -0.39 is 0 Å². The van der Waals surface area contributed by atoms with E-state index in [1.54, 1.807) is 0 Å². The highest BCUT2D eigenvalue weighted by atomic mass is 16.2. The number of carbonyl (C=O) groups excluding carboxylic acids is 1. The zero-order valence-electron chi connectivity index (χ0n) is 8.94. The van der Waals surface area contributed by atoms with Crippen molar-refractivity contribution in [2.24, 2.45) is 0 Å². The Morgan fingerprint density at radius 2 is 2.14 bits per heavy atom. The van der Waals surface area contributed by atoms with E-state index >= 15 is 0 Å². The second kappa shape index (κ2) is 3.89. The monoisotopic (exact) mass is 196 g/mol. The van der Waals surface area contributed by atoms with E-state index in [2.05, 4.69) is 17.6 Å². The fourth-order valence-corrected chi connectivity index (χ4v) is 2.03. The van der Waals surface area contributed by atoms with E-state index in [1.807, 2.05) is 0 Å². The second-order valence-electron chi connectivity index (χ2n) is 4.68. The molecule has 0 bridgehead atoms. The van der Waals surface area contributed by atoms with Crippen molar-refractivity contribution < 1.29 is 4.79 Å². The summed E-state index contributed by atoms with van der Waals surface area (Å²) in [5, 5.41) is 6.40. The number of hydrogen-bond acceptors (Lipinski definition) is 2. The van der Waals surface area contributed by atoms with Gasteiger partial charge in [0.1, 0.15) is 0 Å². The van der Waals surface area contributed by atoms with E-state index in [4.69, 9.17) is 0 Å². The molecule has 80 valence electrons. The molecule has 0 heterocycles. The van der Waals surface area contributed by atoms with Crippen molar-refractivity contribution in [3.05, 3.63) is 0 Å². The van der Waals surface area contributed by atoms with Crippen LogP contribution in [0.3, 0.4) is 0 Å². The predicted molar refractivity (Wildman–Crippen MR) is 56.0 cm³/mol. The molecule has 2 rings (SSSR count). The van der Waals surface area contributed by atoms with Crippen molar-refractivity contribution in [1.82, 2.24) is 10.6 Å². The van der Waals surface area contributed by atoms with Crippen LogP contribution in [0.1, 0.15) is 45.4 Å². The fraction of sp³-hybridized carbons (Fsp3) is 0.909. The lowest BCUT2D eigenvalue weighted by Gasteiger charge is -2.42. The van der Waals surface area contributed by atoms with Crippen molar-refractivity contribution in [3.63, 3.8) is 0 Å². The summed E-state index contributed by atoms with van der Waals surface area (Å²) >= 11 is 0. The topological polar surface area (TPSA) is 41.1 Å². The molecule has 0 atom stereocenters. The van der Waals surface area contributed by atoms with Crippen molar-refractivity contribution in [1.29, 1.82) is 0 Å². The Kier molecular flexibility index (Phi) is 2.77. The molecule has 0 radical (unpaired) electrons. The summed E-state index contributed by atoms with van der Waals surface area (Å²) < 4.78 is 0. The lowest BCUT2D eigenvalue weighted by molar-refractivity contribution is -0.121. The molecule has 0 aromatic rings. The smallest absolute Gasteiger partial charge is 0.234 e. The van der Waals surface area contributed by atoms with Crippen LogP contribution in [-0.2, 0) is 4.79 Å². The largest absolute Gasteiger partial charge is 0.352 e. The summed E-state index contributed by atoms with van der Waals surface area (Å²) in [6.45, 7) is 2.70. The Morgan fingerprint density at radius 3 is 2.57 bits per heavy atom. The highest BCUT2D eigenvalue weighted by Gasteiger charge is 2.35. The number of hydrogen-bond donors (Lipinski definition) is 2. The summed E-state index contributed by atoms with van der Waals surface area (Å²) in [5.41, 5.74) is 0.293. The van der Waals surface area contributed by atoms with Crippen molar-refractivity contribution in [2.45, 2.75) is 57.0 Å². The van der Waals surface area contributed by atoms with Gasteiger partial charge in [-0.3, -0.25) is 4.79 Å². The first-order chi connectivity index (χ1) is 6.74. The minimum absolute atomic E-state index is 0.173. The Balaban J connectivity index is 1.67.